The van der Waals surface area contributed by atoms with E-state index in [1.54, 1.807) is 29.0 Å². The molecule has 0 fully saturated rings. The van der Waals surface area contributed by atoms with Crippen molar-refractivity contribution in [3.8, 4) is 0 Å². The number of pyridine rings is 1. The number of sulfonamides is 1. The molecule has 0 amide bonds. The van der Waals surface area contributed by atoms with Crippen LogP contribution in [0, 0.1) is 0 Å². The molecule has 178 valence electrons. The van der Waals surface area contributed by atoms with E-state index >= 15 is 0 Å². The molecule has 33 heavy (non-hydrogen) atoms. The number of hydrogen-bond donors (Lipinski definition) is 0. The smallest absolute Gasteiger partial charge is 0.243 e. The van der Waals surface area contributed by atoms with Crippen LogP contribution in [0.1, 0.15) is 51.7 Å². The molecule has 0 spiro atoms. The highest BCUT2D eigenvalue weighted by Gasteiger charge is 2.23. The average molecular weight is 472 g/mol. The fraction of sp³-hybridized carbons (Fsp3) is 0.458. The fourth-order valence-electron chi connectivity index (χ4n) is 3.93. The predicted molar refractivity (Wildman–Crippen MR) is 130 cm³/mol. The normalized spacial score (nSPS) is 12.9. The van der Waals surface area contributed by atoms with Crippen molar-refractivity contribution in [2.75, 3.05) is 13.1 Å². The first-order chi connectivity index (χ1) is 15.7. The van der Waals surface area contributed by atoms with E-state index < -0.39 is 10.0 Å². The van der Waals surface area contributed by atoms with Gasteiger partial charge in [-0.2, -0.15) is 4.31 Å². The van der Waals surface area contributed by atoms with Gasteiger partial charge in [0.1, 0.15) is 11.3 Å². The van der Waals surface area contributed by atoms with Crippen molar-refractivity contribution < 1.29 is 13.2 Å². The van der Waals surface area contributed by atoms with Gasteiger partial charge in [0, 0.05) is 44.7 Å². The summed E-state index contributed by atoms with van der Waals surface area (Å²) in [5.41, 5.74) is 2.12. The summed E-state index contributed by atoms with van der Waals surface area (Å²) in [5, 5.41) is 0. The monoisotopic (exact) mass is 471 g/mol. The van der Waals surface area contributed by atoms with Gasteiger partial charge in [-0.1, -0.05) is 19.9 Å². The summed E-state index contributed by atoms with van der Waals surface area (Å²) in [7, 11) is -3.56. The molecule has 0 saturated heterocycles. The molecule has 0 aliphatic rings. The Morgan fingerprint density at radius 3 is 2.48 bits per heavy atom. The quantitative estimate of drug-likeness (QED) is 0.478. The number of carbonyl (C=O) groups excluding carboxylic acids is 1. The maximum absolute atomic E-state index is 12.9. The van der Waals surface area contributed by atoms with Gasteiger partial charge in [0.05, 0.1) is 15.9 Å². The highest BCUT2D eigenvalue weighted by atomic mass is 32.2. The summed E-state index contributed by atoms with van der Waals surface area (Å²) < 4.78 is 30.9. The number of fused-ring (bicyclic) bond motifs is 1. The minimum absolute atomic E-state index is 0.0606. The van der Waals surface area contributed by atoms with Crippen molar-refractivity contribution in [2.24, 2.45) is 4.99 Å². The molecule has 8 nitrogen and oxygen atoms in total. The lowest BCUT2D eigenvalue weighted by Crippen LogP contribution is -2.30. The highest BCUT2D eigenvalue weighted by Crippen LogP contribution is 2.23. The van der Waals surface area contributed by atoms with Crippen molar-refractivity contribution in [2.45, 2.75) is 64.9 Å². The number of aryl methyl sites for hydroxylation is 2. The van der Waals surface area contributed by atoms with E-state index in [9.17, 15) is 13.2 Å². The van der Waals surface area contributed by atoms with E-state index in [1.807, 2.05) is 57.4 Å². The third-order valence-electron chi connectivity index (χ3n) is 5.52. The van der Waals surface area contributed by atoms with E-state index in [0.29, 0.717) is 37.1 Å². The van der Waals surface area contributed by atoms with Crippen LogP contribution < -0.4 is 5.49 Å². The summed E-state index contributed by atoms with van der Waals surface area (Å²) >= 11 is 0. The lowest BCUT2D eigenvalue weighted by Gasteiger charge is -2.18. The van der Waals surface area contributed by atoms with Crippen molar-refractivity contribution >= 4 is 27.0 Å². The second-order valence-corrected chi connectivity index (χ2v) is 10.00. The lowest BCUT2D eigenvalue weighted by atomic mass is 10.2. The molecule has 0 aliphatic carbocycles. The van der Waals surface area contributed by atoms with Crippen LogP contribution in [0.2, 0.25) is 0 Å². The summed E-state index contributed by atoms with van der Waals surface area (Å²) in [6, 6.07) is 10.7. The Hall–Kier alpha value is -2.78. The van der Waals surface area contributed by atoms with E-state index in [2.05, 4.69) is 4.99 Å². The van der Waals surface area contributed by atoms with Gasteiger partial charge >= 0.3 is 0 Å². The molecule has 0 N–H and O–H groups in total. The molecule has 3 rings (SSSR count). The second-order valence-electron chi connectivity index (χ2n) is 8.06. The van der Waals surface area contributed by atoms with E-state index in [0.717, 1.165) is 11.3 Å². The predicted octanol–water partition coefficient (Wildman–Crippen LogP) is 3.47. The third-order valence-corrected chi connectivity index (χ3v) is 7.56. The molecule has 3 aromatic rings. The molecule has 0 radical (unpaired) electrons. The largest absolute Gasteiger partial charge is 0.328 e. The molecule has 0 aliphatic heterocycles. The Labute approximate surface area is 195 Å². The molecule has 2 aromatic heterocycles. The van der Waals surface area contributed by atoms with Gasteiger partial charge in [0.15, 0.2) is 0 Å². The van der Waals surface area contributed by atoms with Gasteiger partial charge in [-0.3, -0.25) is 14.4 Å². The van der Waals surface area contributed by atoms with Gasteiger partial charge in [0.25, 0.3) is 0 Å². The molecule has 0 saturated carbocycles. The molecular formula is C24H33N5O3S. The number of imidazole rings is 1. The van der Waals surface area contributed by atoms with Crippen LogP contribution >= 0.6 is 0 Å². The van der Waals surface area contributed by atoms with Crippen LogP contribution in [-0.4, -0.2) is 51.9 Å². The van der Waals surface area contributed by atoms with Gasteiger partial charge < -0.3 is 4.57 Å². The Morgan fingerprint density at radius 1 is 1.12 bits per heavy atom. The lowest BCUT2D eigenvalue weighted by molar-refractivity contribution is 0.0896. The Balaban J connectivity index is 1.91. The molecule has 2 heterocycles. The van der Waals surface area contributed by atoms with Crippen molar-refractivity contribution in [1.29, 1.82) is 0 Å². The number of benzene rings is 1. The number of carbonyl (C=O) groups is 1. The van der Waals surface area contributed by atoms with Crippen molar-refractivity contribution in [1.82, 2.24) is 18.4 Å². The molecule has 0 atom stereocenters. The summed E-state index contributed by atoms with van der Waals surface area (Å²) in [5.74, 6) is 0.701. The van der Waals surface area contributed by atoms with Crippen LogP contribution in [0.5, 0.6) is 0 Å². The van der Waals surface area contributed by atoms with E-state index in [4.69, 9.17) is 4.98 Å². The topological polar surface area (TPSA) is 89.6 Å². The Bertz CT molecular complexity index is 1300. The van der Waals surface area contributed by atoms with Gasteiger partial charge in [-0.05, 0) is 51.1 Å². The summed E-state index contributed by atoms with van der Waals surface area (Å²) in [4.78, 5) is 22.4. The first kappa shape index (κ1) is 24.9. The van der Waals surface area contributed by atoms with E-state index in [1.165, 1.54) is 4.31 Å². The Morgan fingerprint density at radius 2 is 1.85 bits per heavy atom. The SMILES string of the molecule is CCN(CC)S(=O)(=O)c1ccc2c(c1)nc(CCC(=O)n1ccccc1=NC(C)C)n2CC. The van der Waals surface area contributed by atoms with Gasteiger partial charge in [-0.25, -0.2) is 13.4 Å². The molecular weight excluding hydrogens is 438 g/mol. The molecule has 0 bridgehead atoms. The zero-order chi connectivity index (χ0) is 24.2. The van der Waals surface area contributed by atoms with E-state index in [-0.39, 0.29) is 23.3 Å². The number of rotatable bonds is 9. The van der Waals surface area contributed by atoms with Crippen molar-refractivity contribution in [3.63, 3.8) is 0 Å². The van der Waals surface area contributed by atoms with Gasteiger partial charge in [0.2, 0.25) is 15.9 Å². The standard InChI is InChI=1S/C24H33N5O3S/c1-6-27(7-2)33(31,32)19-12-13-21-20(17-19)26-23(28(21)8-3)14-15-24(30)29-16-10-9-11-22(29)25-18(4)5/h9-13,16-18H,6-8,14-15H2,1-5H3. The zero-order valence-corrected chi connectivity index (χ0v) is 20.8. The van der Waals surface area contributed by atoms with Crippen molar-refractivity contribution in [3.05, 3.63) is 53.9 Å². The Kier molecular flexibility index (Phi) is 7.86. The molecule has 0 unspecified atom stereocenters. The third kappa shape index (κ3) is 5.25. The summed E-state index contributed by atoms with van der Waals surface area (Å²) in [6.07, 6.45) is 2.45. The first-order valence-electron chi connectivity index (χ1n) is 11.5. The van der Waals surface area contributed by atoms with Crippen LogP contribution in [-0.2, 0) is 23.0 Å². The van der Waals surface area contributed by atoms with Crippen LogP contribution in [0.25, 0.3) is 11.0 Å². The van der Waals surface area contributed by atoms with Crippen LogP contribution in [0.15, 0.2) is 52.5 Å². The maximum Gasteiger partial charge on any atom is 0.243 e. The first-order valence-corrected chi connectivity index (χ1v) is 12.9. The second kappa shape index (κ2) is 10.4. The van der Waals surface area contributed by atoms with Crippen LogP contribution in [0.3, 0.4) is 0 Å². The molecule has 1 aromatic carbocycles. The number of nitrogens with zero attached hydrogens (tertiary/aromatic N) is 5. The maximum atomic E-state index is 12.9. The fourth-order valence-corrected chi connectivity index (χ4v) is 5.41. The number of hydrogen-bond acceptors (Lipinski definition) is 5. The summed E-state index contributed by atoms with van der Waals surface area (Å²) in [6.45, 7) is 11.1. The highest BCUT2D eigenvalue weighted by molar-refractivity contribution is 7.89. The average Bonchev–Trinajstić information content (AvgIpc) is 3.14. The van der Waals surface area contributed by atoms with Crippen LogP contribution in [0.4, 0.5) is 0 Å². The molecule has 9 heteroatoms. The zero-order valence-electron chi connectivity index (χ0n) is 20.0. The number of aromatic nitrogens is 3. The minimum Gasteiger partial charge on any atom is -0.328 e. The minimum atomic E-state index is -3.56. The van der Waals surface area contributed by atoms with Gasteiger partial charge in [-0.15, -0.1) is 0 Å².